The molecule has 1 amide bonds. The van der Waals surface area contributed by atoms with Crippen LogP contribution in [0.4, 0.5) is 5.82 Å². The Morgan fingerprint density at radius 2 is 1.97 bits per heavy atom. The fraction of sp³-hybridized carbons (Fsp3) is 0.522. The van der Waals surface area contributed by atoms with Crippen LogP contribution in [0.5, 0.6) is 0 Å². The SMILES string of the molecule is COC(=O)CCN1CCN(CC(=O)Nc2cc(C3CC3)nn2-c2ccccc2)[C@H](C)C1. The van der Waals surface area contributed by atoms with E-state index in [9.17, 15) is 9.59 Å². The molecule has 0 spiro atoms. The third-order valence-corrected chi connectivity index (χ3v) is 6.05. The first-order valence-corrected chi connectivity index (χ1v) is 11.0. The van der Waals surface area contributed by atoms with Crippen LogP contribution in [0.3, 0.4) is 0 Å². The minimum Gasteiger partial charge on any atom is -0.469 e. The smallest absolute Gasteiger partial charge is 0.306 e. The standard InChI is InChI=1S/C23H31N5O3/c1-17-15-26(11-10-23(30)31-2)12-13-27(17)16-22(29)24-21-14-20(18-8-9-18)25-28(21)19-6-4-3-5-7-19/h3-7,14,17-18H,8-13,15-16H2,1-2H3,(H,24,29)/t17-/m1/s1. The largest absolute Gasteiger partial charge is 0.469 e. The van der Waals surface area contributed by atoms with Crippen molar-refractivity contribution in [1.29, 1.82) is 0 Å². The molecular weight excluding hydrogens is 394 g/mol. The van der Waals surface area contributed by atoms with Crippen LogP contribution in [0.25, 0.3) is 5.69 Å². The van der Waals surface area contributed by atoms with Gasteiger partial charge in [0.1, 0.15) is 5.82 Å². The summed E-state index contributed by atoms with van der Waals surface area (Å²) in [6, 6.07) is 12.2. The molecule has 2 heterocycles. The quantitative estimate of drug-likeness (QED) is 0.654. The molecule has 1 saturated carbocycles. The number of amides is 1. The minimum absolute atomic E-state index is 0.0331. The van der Waals surface area contributed by atoms with Gasteiger partial charge in [0.15, 0.2) is 0 Å². The molecule has 8 nitrogen and oxygen atoms in total. The van der Waals surface area contributed by atoms with Gasteiger partial charge < -0.3 is 10.1 Å². The van der Waals surface area contributed by atoms with Crippen molar-refractivity contribution in [3.8, 4) is 5.69 Å². The molecule has 2 aromatic rings. The lowest BCUT2D eigenvalue weighted by atomic mass is 10.2. The van der Waals surface area contributed by atoms with E-state index >= 15 is 0 Å². The molecule has 1 aromatic heterocycles. The number of hydrogen-bond acceptors (Lipinski definition) is 6. The van der Waals surface area contributed by atoms with E-state index in [1.807, 2.05) is 41.1 Å². The van der Waals surface area contributed by atoms with Crippen molar-refractivity contribution in [2.45, 2.75) is 38.1 Å². The Kier molecular flexibility index (Phi) is 6.67. The Labute approximate surface area is 183 Å². The van der Waals surface area contributed by atoms with E-state index in [1.165, 1.54) is 7.11 Å². The highest BCUT2D eigenvalue weighted by molar-refractivity contribution is 5.91. The minimum atomic E-state index is -0.185. The lowest BCUT2D eigenvalue weighted by Crippen LogP contribution is -2.54. The Morgan fingerprint density at radius 3 is 2.65 bits per heavy atom. The summed E-state index contributed by atoms with van der Waals surface area (Å²) in [5.74, 6) is 1.02. The summed E-state index contributed by atoms with van der Waals surface area (Å²) in [4.78, 5) is 28.7. The Morgan fingerprint density at radius 1 is 1.19 bits per heavy atom. The highest BCUT2D eigenvalue weighted by atomic mass is 16.5. The second kappa shape index (κ2) is 9.62. The van der Waals surface area contributed by atoms with Crippen molar-refractivity contribution in [2.75, 3.05) is 45.2 Å². The molecule has 31 heavy (non-hydrogen) atoms. The summed E-state index contributed by atoms with van der Waals surface area (Å²) in [6.07, 6.45) is 2.73. The van der Waals surface area contributed by atoms with E-state index in [-0.39, 0.29) is 17.9 Å². The molecular formula is C23H31N5O3. The summed E-state index contributed by atoms with van der Waals surface area (Å²) < 4.78 is 6.56. The monoisotopic (exact) mass is 425 g/mol. The highest BCUT2D eigenvalue weighted by Gasteiger charge is 2.29. The Hall–Kier alpha value is -2.71. The van der Waals surface area contributed by atoms with Crippen LogP contribution in [0.15, 0.2) is 36.4 Å². The second-order valence-corrected chi connectivity index (χ2v) is 8.47. The van der Waals surface area contributed by atoms with Crippen LogP contribution < -0.4 is 5.32 Å². The van der Waals surface area contributed by atoms with Crippen molar-refractivity contribution in [1.82, 2.24) is 19.6 Å². The zero-order valence-corrected chi connectivity index (χ0v) is 18.3. The number of esters is 1. The number of hydrogen-bond donors (Lipinski definition) is 1. The molecule has 1 atom stereocenters. The number of carbonyl (C=O) groups is 2. The maximum absolute atomic E-state index is 12.9. The molecule has 8 heteroatoms. The van der Waals surface area contributed by atoms with Gasteiger partial charge in [0.2, 0.25) is 5.91 Å². The Balaban J connectivity index is 1.35. The number of rotatable bonds is 8. The topological polar surface area (TPSA) is 79.7 Å². The van der Waals surface area contributed by atoms with E-state index in [1.54, 1.807) is 0 Å². The molecule has 1 aromatic carbocycles. The number of carbonyl (C=O) groups excluding carboxylic acids is 2. The molecule has 166 valence electrons. The molecule has 2 fully saturated rings. The maximum atomic E-state index is 12.9. The number of benzene rings is 1. The third kappa shape index (κ3) is 5.51. The summed E-state index contributed by atoms with van der Waals surface area (Å²) in [5, 5.41) is 7.84. The zero-order valence-electron chi connectivity index (χ0n) is 18.3. The first kappa shape index (κ1) is 21.5. The molecule has 1 aliphatic carbocycles. The molecule has 0 bridgehead atoms. The number of ether oxygens (including phenoxy) is 1. The zero-order chi connectivity index (χ0) is 21.8. The van der Waals surface area contributed by atoms with Crippen molar-refractivity contribution in [2.24, 2.45) is 0 Å². The van der Waals surface area contributed by atoms with Crippen LogP contribution in [-0.4, -0.2) is 77.3 Å². The predicted octanol–water partition coefficient (Wildman–Crippen LogP) is 2.26. The Bertz CT molecular complexity index is 909. The van der Waals surface area contributed by atoms with Gasteiger partial charge >= 0.3 is 5.97 Å². The highest BCUT2D eigenvalue weighted by Crippen LogP contribution is 2.40. The van der Waals surface area contributed by atoms with Gasteiger partial charge in [-0.3, -0.25) is 19.4 Å². The fourth-order valence-corrected chi connectivity index (χ4v) is 4.06. The van der Waals surface area contributed by atoms with Crippen molar-refractivity contribution >= 4 is 17.7 Å². The number of para-hydroxylation sites is 1. The van der Waals surface area contributed by atoms with Gasteiger partial charge in [-0.05, 0) is 31.9 Å². The van der Waals surface area contributed by atoms with Gasteiger partial charge in [0.05, 0.1) is 31.5 Å². The summed E-state index contributed by atoms with van der Waals surface area (Å²) in [6.45, 7) is 5.61. The number of nitrogens with zero attached hydrogens (tertiary/aromatic N) is 4. The van der Waals surface area contributed by atoms with E-state index < -0.39 is 0 Å². The predicted molar refractivity (Wildman–Crippen MR) is 118 cm³/mol. The first-order valence-electron chi connectivity index (χ1n) is 11.0. The van der Waals surface area contributed by atoms with Gasteiger partial charge in [-0.2, -0.15) is 5.10 Å². The van der Waals surface area contributed by atoms with E-state index in [0.29, 0.717) is 25.4 Å². The lowest BCUT2D eigenvalue weighted by molar-refractivity contribution is -0.141. The normalized spacial score (nSPS) is 19.9. The van der Waals surface area contributed by atoms with E-state index in [0.717, 1.165) is 49.7 Å². The van der Waals surface area contributed by atoms with Crippen molar-refractivity contribution in [3.63, 3.8) is 0 Å². The van der Waals surface area contributed by atoms with Crippen LogP contribution in [0.2, 0.25) is 0 Å². The van der Waals surface area contributed by atoms with Gasteiger partial charge in [0, 0.05) is 44.2 Å². The van der Waals surface area contributed by atoms with Crippen LogP contribution in [0, 0.1) is 0 Å². The number of aromatic nitrogens is 2. The van der Waals surface area contributed by atoms with Gasteiger partial charge in [-0.15, -0.1) is 0 Å². The van der Waals surface area contributed by atoms with E-state index in [4.69, 9.17) is 9.84 Å². The van der Waals surface area contributed by atoms with Crippen molar-refractivity contribution in [3.05, 3.63) is 42.1 Å². The summed E-state index contributed by atoms with van der Waals surface area (Å²) in [7, 11) is 1.42. The maximum Gasteiger partial charge on any atom is 0.306 e. The van der Waals surface area contributed by atoms with Gasteiger partial charge in [-0.25, -0.2) is 4.68 Å². The van der Waals surface area contributed by atoms with Crippen LogP contribution in [0.1, 0.15) is 37.8 Å². The second-order valence-electron chi connectivity index (χ2n) is 8.47. The molecule has 4 rings (SSSR count). The molecule has 1 N–H and O–H groups in total. The van der Waals surface area contributed by atoms with Gasteiger partial charge in [-0.1, -0.05) is 18.2 Å². The average molecular weight is 426 g/mol. The first-order chi connectivity index (χ1) is 15.0. The van der Waals surface area contributed by atoms with Crippen LogP contribution >= 0.6 is 0 Å². The number of anilines is 1. The summed E-state index contributed by atoms with van der Waals surface area (Å²) >= 11 is 0. The molecule has 0 radical (unpaired) electrons. The average Bonchev–Trinajstić information content (AvgIpc) is 3.55. The van der Waals surface area contributed by atoms with Crippen molar-refractivity contribution < 1.29 is 14.3 Å². The molecule has 1 saturated heterocycles. The van der Waals surface area contributed by atoms with Crippen LogP contribution in [-0.2, 0) is 14.3 Å². The molecule has 0 unspecified atom stereocenters. The lowest BCUT2D eigenvalue weighted by Gasteiger charge is -2.39. The van der Waals surface area contributed by atoms with E-state index in [2.05, 4.69) is 22.0 Å². The third-order valence-electron chi connectivity index (χ3n) is 6.05. The molecule has 1 aliphatic heterocycles. The van der Waals surface area contributed by atoms with Gasteiger partial charge in [0.25, 0.3) is 0 Å². The fourth-order valence-electron chi connectivity index (χ4n) is 4.06. The number of nitrogens with one attached hydrogen (secondary N) is 1. The molecule has 2 aliphatic rings. The summed E-state index contributed by atoms with van der Waals surface area (Å²) in [5.41, 5.74) is 1.99. The number of piperazine rings is 1. The number of methoxy groups -OCH3 is 1.